The fourth-order valence-corrected chi connectivity index (χ4v) is 3.23. The lowest BCUT2D eigenvalue weighted by atomic mass is 9.86. The summed E-state index contributed by atoms with van der Waals surface area (Å²) in [5, 5.41) is 0. The van der Waals surface area contributed by atoms with Gasteiger partial charge in [0.15, 0.2) is 0 Å². The molecule has 0 radical (unpaired) electrons. The van der Waals surface area contributed by atoms with Gasteiger partial charge in [-0.15, -0.1) is 0 Å². The lowest BCUT2D eigenvalue weighted by Gasteiger charge is -2.18. The SMILES string of the molecule is CCCCC(CC)CCC(=O)C1(c2ccccc2)CC1. The van der Waals surface area contributed by atoms with E-state index in [1.807, 2.05) is 6.07 Å². The van der Waals surface area contributed by atoms with E-state index >= 15 is 0 Å². The molecule has 0 bridgehead atoms. The molecule has 1 aromatic carbocycles. The molecular formula is C19H28O. The Balaban J connectivity index is 1.89. The molecule has 1 heteroatoms. The van der Waals surface area contributed by atoms with Gasteiger partial charge in [0, 0.05) is 6.42 Å². The van der Waals surface area contributed by atoms with Crippen LogP contribution in [0.2, 0.25) is 0 Å². The minimum absolute atomic E-state index is 0.107. The summed E-state index contributed by atoms with van der Waals surface area (Å²) in [7, 11) is 0. The Kier molecular flexibility index (Phi) is 5.39. The molecule has 0 aliphatic heterocycles. The first kappa shape index (κ1) is 15.3. The average Bonchev–Trinajstić information content (AvgIpc) is 3.30. The van der Waals surface area contributed by atoms with Crippen LogP contribution in [0.15, 0.2) is 30.3 Å². The van der Waals surface area contributed by atoms with Crippen molar-refractivity contribution in [3.63, 3.8) is 0 Å². The van der Waals surface area contributed by atoms with Gasteiger partial charge in [-0.3, -0.25) is 4.79 Å². The predicted octanol–water partition coefficient (Wildman–Crippen LogP) is 5.28. The molecule has 1 aliphatic carbocycles. The van der Waals surface area contributed by atoms with Crippen LogP contribution >= 0.6 is 0 Å². The zero-order valence-electron chi connectivity index (χ0n) is 13.0. The van der Waals surface area contributed by atoms with Gasteiger partial charge in [0.05, 0.1) is 5.41 Å². The van der Waals surface area contributed by atoms with E-state index in [4.69, 9.17) is 0 Å². The van der Waals surface area contributed by atoms with Crippen molar-refractivity contribution in [2.45, 2.75) is 70.6 Å². The number of rotatable bonds is 9. The summed E-state index contributed by atoms with van der Waals surface area (Å²) in [6, 6.07) is 10.4. The van der Waals surface area contributed by atoms with Gasteiger partial charge in [0.25, 0.3) is 0 Å². The fourth-order valence-electron chi connectivity index (χ4n) is 3.23. The molecule has 1 unspecified atom stereocenters. The van der Waals surface area contributed by atoms with Crippen molar-refractivity contribution in [2.75, 3.05) is 0 Å². The first-order valence-electron chi connectivity index (χ1n) is 8.31. The van der Waals surface area contributed by atoms with Gasteiger partial charge in [-0.25, -0.2) is 0 Å². The van der Waals surface area contributed by atoms with Gasteiger partial charge < -0.3 is 0 Å². The molecule has 0 spiro atoms. The highest BCUT2D eigenvalue weighted by Gasteiger charge is 2.49. The van der Waals surface area contributed by atoms with Crippen molar-refractivity contribution in [1.82, 2.24) is 0 Å². The maximum atomic E-state index is 12.6. The molecule has 1 fully saturated rings. The Bertz CT molecular complexity index is 417. The molecule has 2 rings (SSSR count). The van der Waals surface area contributed by atoms with Crippen molar-refractivity contribution < 1.29 is 4.79 Å². The third kappa shape index (κ3) is 3.50. The molecule has 0 heterocycles. The Labute approximate surface area is 123 Å². The highest BCUT2D eigenvalue weighted by molar-refractivity contribution is 5.93. The van der Waals surface area contributed by atoms with E-state index in [0.717, 1.165) is 31.6 Å². The number of carbonyl (C=O) groups excluding carboxylic acids is 1. The Morgan fingerprint density at radius 1 is 1.15 bits per heavy atom. The van der Waals surface area contributed by atoms with E-state index in [9.17, 15) is 4.79 Å². The second kappa shape index (κ2) is 7.06. The van der Waals surface area contributed by atoms with Gasteiger partial charge in [-0.05, 0) is 30.7 Å². The molecule has 20 heavy (non-hydrogen) atoms. The number of unbranched alkanes of at least 4 members (excludes halogenated alkanes) is 1. The standard InChI is InChI=1S/C19H28O/c1-3-5-9-16(4-2)12-13-18(20)19(14-15-19)17-10-7-6-8-11-17/h6-8,10-11,16H,3-5,9,12-15H2,1-2H3. The van der Waals surface area contributed by atoms with Crippen LogP contribution in [0.3, 0.4) is 0 Å². The van der Waals surface area contributed by atoms with Crippen LogP contribution in [0.5, 0.6) is 0 Å². The van der Waals surface area contributed by atoms with E-state index in [1.165, 1.54) is 31.2 Å². The highest BCUT2D eigenvalue weighted by atomic mass is 16.1. The minimum atomic E-state index is -0.107. The van der Waals surface area contributed by atoms with Crippen LogP contribution in [0.25, 0.3) is 0 Å². The quantitative estimate of drug-likeness (QED) is 0.597. The third-order valence-corrected chi connectivity index (χ3v) is 4.93. The van der Waals surface area contributed by atoms with Crippen LogP contribution < -0.4 is 0 Å². The lowest BCUT2D eigenvalue weighted by Crippen LogP contribution is -2.21. The number of hydrogen-bond donors (Lipinski definition) is 0. The maximum Gasteiger partial charge on any atom is 0.143 e. The zero-order chi connectivity index (χ0) is 14.4. The molecule has 0 amide bonds. The molecule has 0 aromatic heterocycles. The molecule has 110 valence electrons. The number of carbonyl (C=O) groups is 1. The second-order valence-electron chi connectivity index (χ2n) is 6.33. The van der Waals surface area contributed by atoms with Gasteiger partial charge in [-0.2, -0.15) is 0 Å². The van der Waals surface area contributed by atoms with Crippen LogP contribution in [0.1, 0.15) is 70.8 Å². The normalized spacial score (nSPS) is 17.7. The van der Waals surface area contributed by atoms with Gasteiger partial charge in [-0.1, -0.05) is 69.9 Å². The molecule has 1 aliphatic rings. The Morgan fingerprint density at radius 2 is 1.85 bits per heavy atom. The first-order chi connectivity index (χ1) is 9.73. The molecule has 0 saturated heterocycles. The fraction of sp³-hybridized carbons (Fsp3) is 0.632. The first-order valence-corrected chi connectivity index (χ1v) is 8.31. The molecule has 0 N–H and O–H groups in total. The van der Waals surface area contributed by atoms with Crippen molar-refractivity contribution in [3.8, 4) is 0 Å². The second-order valence-corrected chi connectivity index (χ2v) is 6.33. The average molecular weight is 272 g/mol. The summed E-state index contributed by atoms with van der Waals surface area (Å²) in [5.74, 6) is 1.23. The number of Topliss-reactive ketones (excluding diaryl/α,β-unsaturated/α-hetero) is 1. The molecule has 1 nitrogen and oxygen atoms in total. The molecule has 1 aromatic rings. The van der Waals surface area contributed by atoms with Crippen molar-refractivity contribution in [2.24, 2.45) is 5.92 Å². The number of hydrogen-bond acceptors (Lipinski definition) is 1. The summed E-state index contributed by atoms with van der Waals surface area (Å²) < 4.78 is 0. The van der Waals surface area contributed by atoms with E-state index < -0.39 is 0 Å². The third-order valence-electron chi connectivity index (χ3n) is 4.93. The number of benzene rings is 1. The Morgan fingerprint density at radius 3 is 2.40 bits per heavy atom. The molecule has 1 atom stereocenters. The zero-order valence-corrected chi connectivity index (χ0v) is 13.0. The van der Waals surface area contributed by atoms with Crippen LogP contribution in [0, 0.1) is 5.92 Å². The van der Waals surface area contributed by atoms with Crippen LogP contribution in [-0.2, 0) is 10.2 Å². The summed E-state index contributed by atoms with van der Waals surface area (Å²) in [6.07, 6.45) is 9.05. The monoisotopic (exact) mass is 272 g/mol. The van der Waals surface area contributed by atoms with E-state index in [2.05, 4.69) is 38.1 Å². The lowest BCUT2D eigenvalue weighted by molar-refractivity contribution is -0.121. The van der Waals surface area contributed by atoms with E-state index in [1.54, 1.807) is 0 Å². The molecular weight excluding hydrogens is 244 g/mol. The Hall–Kier alpha value is -1.11. The van der Waals surface area contributed by atoms with Gasteiger partial charge in [0.2, 0.25) is 0 Å². The van der Waals surface area contributed by atoms with Crippen LogP contribution in [-0.4, -0.2) is 5.78 Å². The predicted molar refractivity (Wildman–Crippen MR) is 84.9 cm³/mol. The van der Waals surface area contributed by atoms with E-state index in [0.29, 0.717) is 5.78 Å². The maximum absolute atomic E-state index is 12.6. The number of ketones is 1. The molecule has 1 saturated carbocycles. The topological polar surface area (TPSA) is 17.1 Å². The van der Waals surface area contributed by atoms with Gasteiger partial charge in [0.1, 0.15) is 5.78 Å². The summed E-state index contributed by atoms with van der Waals surface area (Å²) >= 11 is 0. The summed E-state index contributed by atoms with van der Waals surface area (Å²) in [5.41, 5.74) is 1.14. The summed E-state index contributed by atoms with van der Waals surface area (Å²) in [6.45, 7) is 4.50. The van der Waals surface area contributed by atoms with Crippen molar-refractivity contribution >= 4 is 5.78 Å². The van der Waals surface area contributed by atoms with Crippen LogP contribution in [0.4, 0.5) is 0 Å². The van der Waals surface area contributed by atoms with Crippen molar-refractivity contribution in [3.05, 3.63) is 35.9 Å². The van der Waals surface area contributed by atoms with Gasteiger partial charge >= 0.3 is 0 Å². The smallest absolute Gasteiger partial charge is 0.143 e. The van der Waals surface area contributed by atoms with Crippen molar-refractivity contribution in [1.29, 1.82) is 0 Å². The minimum Gasteiger partial charge on any atom is -0.299 e. The van der Waals surface area contributed by atoms with E-state index in [-0.39, 0.29) is 5.41 Å². The highest BCUT2D eigenvalue weighted by Crippen LogP contribution is 2.50. The summed E-state index contributed by atoms with van der Waals surface area (Å²) in [4.78, 5) is 12.6. The largest absolute Gasteiger partial charge is 0.299 e.